The van der Waals surface area contributed by atoms with Gasteiger partial charge in [-0.25, -0.2) is 4.79 Å². The predicted molar refractivity (Wildman–Crippen MR) is 65.8 cm³/mol. The summed E-state index contributed by atoms with van der Waals surface area (Å²) in [6, 6.07) is 8.98. The van der Waals surface area contributed by atoms with E-state index in [2.05, 4.69) is 5.32 Å². The minimum atomic E-state index is -1.62. The van der Waals surface area contributed by atoms with Crippen LogP contribution in [0.4, 0.5) is 4.79 Å². The molecule has 1 atom stereocenters. The van der Waals surface area contributed by atoms with Crippen molar-refractivity contribution in [1.29, 1.82) is 0 Å². The predicted octanol–water partition coefficient (Wildman–Crippen LogP) is -1.94. The standard InChI is InChI=1S/C12H15N3O5/c13-10(11(17)18)15-9(16)6-14-12(19)20-7-8-4-2-1-3-5-8/h1-5,10H,6-7,13H2,(H,14,19)(H,15,16)(H,17,18)/p-1. The molecule has 1 rings (SSSR count). The number of carboxylic acid groups (broad SMARTS) is 1. The van der Waals surface area contributed by atoms with E-state index in [1.165, 1.54) is 0 Å². The van der Waals surface area contributed by atoms with Gasteiger partial charge in [0.1, 0.15) is 19.3 Å². The Hall–Kier alpha value is -2.61. The highest BCUT2D eigenvalue weighted by Gasteiger charge is 2.10. The largest absolute Gasteiger partial charge is 0.546 e. The van der Waals surface area contributed by atoms with E-state index in [0.29, 0.717) is 0 Å². The van der Waals surface area contributed by atoms with Crippen LogP contribution in [0.3, 0.4) is 0 Å². The van der Waals surface area contributed by atoms with Crippen molar-refractivity contribution < 1.29 is 24.2 Å². The monoisotopic (exact) mass is 280 g/mol. The summed E-state index contributed by atoms with van der Waals surface area (Å²) in [5.74, 6) is -2.39. The number of carboxylic acids is 1. The van der Waals surface area contributed by atoms with Gasteiger partial charge in [0.15, 0.2) is 0 Å². The molecule has 108 valence electrons. The molecule has 1 aromatic rings. The summed E-state index contributed by atoms with van der Waals surface area (Å²) in [6.45, 7) is -0.387. The lowest BCUT2D eigenvalue weighted by molar-refractivity contribution is -0.308. The van der Waals surface area contributed by atoms with E-state index in [4.69, 9.17) is 10.5 Å². The summed E-state index contributed by atoms with van der Waals surface area (Å²) in [7, 11) is 0. The SMILES string of the molecule is NC(NC(=O)CNC(=O)OCc1ccccc1)C(=O)[O-]. The van der Waals surface area contributed by atoms with Crippen LogP contribution in [-0.4, -0.2) is 30.7 Å². The molecule has 0 aliphatic carbocycles. The Labute approximate surface area is 114 Å². The van der Waals surface area contributed by atoms with Gasteiger partial charge < -0.3 is 31.0 Å². The quantitative estimate of drug-likeness (QED) is 0.519. The summed E-state index contributed by atoms with van der Waals surface area (Å²) in [4.78, 5) is 32.7. The Balaban J connectivity index is 2.23. The fourth-order valence-electron chi connectivity index (χ4n) is 1.21. The number of carbonyl (C=O) groups excluding carboxylic acids is 3. The van der Waals surface area contributed by atoms with Crippen molar-refractivity contribution in [3.63, 3.8) is 0 Å². The summed E-state index contributed by atoms with van der Waals surface area (Å²) in [5, 5.41) is 14.3. The molecule has 1 aromatic carbocycles. The summed E-state index contributed by atoms with van der Waals surface area (Å²) < 4.78 is 4.84. The zero-order valence-corrected chi connectivity index (χ0v) is 10.5. The molecule has 20 heavy (non-hydrogen) atoms. The lowest BCUT2D eigenvalue weighted by atomic mass is 10.2. The molecule has 2 amide bonds. The third kappa shape index (κ3) is 5.83. The van der Waals surface area contributed by atoms with Gasteiger partial charge in [0.2, 0.25) is 5.91 Å². The number of nitrogens with two attached hydrogens (primary N) is 1. The molecule has 4 N–H and O–H groups in total. The minimum Gasteiger partial charge on any atom is -0.546 e. The smallest absolute Gasteiger partial charge is 0.407 e. The molecular formula is C12H14N3O5-. The van der Waals surface area contributed by atoms with E-state index in [-0.39, 0.29) is 6.61 Å². The Morgan fingerprint density at radius 2 is 1.90 bits per heavy atom. The number of benzene rings is 1. The topological polar surface area (TPSA) is 134 Å². The van der Waals surface area contributed by atoms with Gasteiger partial charge in [-0.3, -0.25) is 4.79 Å². The van der Waals surface area contributed by atoms with Crippen LogP contribution in [0.15, 0.2) is 30.3 Å². The van der Waals surface area contributed by atoms with Crippen LogP contribution >= 0.6 is 0 Å². The number of amides is 2. The number of carbonyl (C=O) groups is 3. The van der Waals surface area contributed by atoms with Crippen LogP contribution < -0.4 is 21.5 Å². The Morgan fingerprint density at radius 1 is 1.25 bits per heavy atom. The molecule has 0 heterocycles. The van der Waals surface area contributed by atoms with E-state index in [9.17, 15) is 19.5 Å². The molecule has 0 saturated carbocycles. The Bertz CT molecular complexity index is 477. The lowest BCUT2D eigenvalue weighted by Gasteiger charge is -2.14. The first-order valence-corrected chi connectivity index (χ1v) is 5.69. The van der Waals surface area contributed by atoms with Gasteiger partial charge in [0.25, 0.3) is 0 Å². The van der Waals surface area contributed by atoms with E-state index in [0.717, 1.165) is 5.56 Å². The first kappa shape index (κ1) is 15.4. The number of hydrogen-bond donors (Lipinski definition) is 3. The highest BCUT2D eigenvalue weighted by Crippen LogP contribution is 2.00. The van der Waals surface area contributed by atoms with Crippen molar-refractivity contribution in [2.75, 3.05) is 6.54 Å². The fourth-order valence-corrected chi connectivity index (χ4v) is 1.21. The van der Waals surface area contributed by atoms with Gasteiger partial charge in [0, 0.05) is 0 Å². The van der Waals surface area contributed by atoms with Gasteiger partial charge in [-0.2, -0.15) is 0 Å². The van der Waals surface area contributed by atoms with Crippen molar-refractivity contribution in [1.82, 2.24) is 10.6 Å². The van der Waals surface area contributed by atoms with Crippen molar-refractivity contribution in [2.24, 2.45) is 5.73 Å². The maximum atomic E-state index is 11.3. The number of ether oxygens (including phenoxy) is 1. The molecule has 0 aliphatic heterocycles. The van der Waals surface area contributed by atoms with E-state index < -0.39 is 30.7 Å². The maximum Gasteiger partial charge on any atom is 0.407 e. The summed E-state index contributed by atoms with van der Waals surface area (Å²) >= 11 is 0. The average molecular weight is 280 g/mol. The molecule has 0 radical (unpaired) electrons. The molecular weight excluding hydrogens is 266 g/mol. The van der Waals surface area contributed by atoms with Crippen LogP contribution in [0.2, 0.25) is 0 Å². The third-order valence-electron chi connectivity index (χ3n) is 2.18. The highest BCUT2D eigenvalue weighted by molar-refractivity contribution is 5.85. The average Bonchev–Trinajstić information content (AvgIpc) is 2.43. The summed E-state index contributed by atoms with van der Waals surface area (Å²) in [6.07, 6.45) is -2.42. The van der Waals surface area contributed by atoms with Gasteiger partial charge in [-0.05, 0) is 5.56 Å². The number of rotatable bonds is 6. The second-order valence-corrected chi connectivity index (χ2v) is 3.78. The lowest BCUT2D eigenvalue weighted by Crippen LogP contribution is -2.55. The highest BCUT2D eigenvalue weighted by atomic mass is 16.5. The van der Waals surface area contributed by atoms with Crippen molar-refractivity contribution in [2.45, 2.75) is 12.8 Å². The summed E-state index contributed by atoms with van der Waals surface area (Å²) in [5.41, 5.74) is 5.82. The van der Waals surface area contributed by atoms with Crippen molar-refractivity contribution in [3.8, 4) is 0 Å². The molecule has 0 bridgehead atoms. The van der Waals surface area contributed by atoms with Crippen molar-refractivity contribution in [3.05, 3.63) is 35.9 Å². The van der Waals surface area contributed by atoms with Gasteiger partial charge in [0.05, 0.1) is 5.97 Å². The number of alkyl carbamates (subject to hydrolysis) is 1. The molecule has 0 aromatic heterocycles. The maximum absolute atomic E-state index is 11.3. The van der Waals surface area contributed by atoms with E-state index >= 15 is 0 Å². The van der Waals surface area contributed by atoms with Crippen molar-refractivity contribution >= 4 is 18.0 Å². The molecule has 0 saturated heterocycles. The van der Waals surface area contributed by atoms with Crippen LogP contribution in [0.25, 0.3) is 0 Å². The Morgan fingerprint density at radius 3 is 2.50 bits per heavy atom. The van der Waals surface area contributed by atoms with Gasteiger partial charge >= 0.3 is 6.09 Å². The molecule has 0 fully saturated rings. The van der Waals surface area contributed by atoms with Crippen LogP contribution in [0.1, 0.15) is 5.56 Å². The zero-order chi connectivity index (χ0) is 15.0. The van der Waals surface area contributed by atoms with Crippen LogP contribution in [0, 0.1) is 0 Å². The molecule has 0 aliphatic rings. The minimum absolute atomic E-state index is 0.0624. The second-order valence-electron chi connectivity index (χ2n) is 3.78. The number of hydrogen-bond acceptors (Lipinski definition) is 6. The number of nitrogens with one attached hydrogen (secondary N) is 2. The fraction of sp³-hybridized carbons (Fsp3) is 0.250. The number of aliphatic carboxylic acids is 1. The zero-order valence-electron chi connectivity index (χ0n) is 10.5. The van der Waals surface area contributed by atoms with Gasteiger partial charge in [-0.15, -0.1) is 0 Å². The molecule has 0 spiro atoms. The Kier molecular flexibility index (Phi) is 5.98. The first-order valence-electron chi connectivity index (χ1n) is 5.69. The first-order chi connectivity index (χ1) is 9.49. The van der Waals surface area contributed by atoms with E-state index in [1.807, 2.05) is 11.4 Å². The van der Waals surface area contributed by atoms with Crippen LogP contribution in [0.5, 0.6) is 0 Å². The second kappa shape index (κ2) is 7.74. The molecule has 8 heteroatoms. The molecule has 8 nitrogen and oxygen atoms in total. The normalized spacial score (nSPS) is 11.2. The van der Waals surface area contributed by atoms with Crippen LogP contribution in [-0.2, 0) is 20.9 Å². The third-order valence-corrected chi connectivity index (χ3v) is 2.18. The van der Waals surface area contributed by atoms with E-state index in [1.54, 1.807) is 24.3 Å². The molecule has 1 unspecified atom stereocenters. The van der Waals surface area contributed by atoms with Gasteiger partial charge in [-0.1, -0.05) is 30.3 Å².